The Labute approximate surface area is 139 Å². The summed E-state index contributed by atoms with van der Waals surface area (Å²) in [6, 6.07) is 12.2. The van der Waals surface area contributed by atoms with E-state index in [-0.39, 0.29) is 22.5 Å². The third-order valence-electron chi connectivity index (χ3n) is 3.52. The Bertz CT molecular complexity index is 746. The monoisotopic (exact) mass is 330 g/mol. The van der Waals surface area contributed by atoms with Crippen molar-refractivity contribution in [1.82, 2.24) is 0 Å². The minimum Gasteiger partial charge on any atom is -0.319 e. The minimum absolute atomic E-state index is 0.107. The van der Waals surface area contributed by atoms with Gasteiger partial charge in [-0.1, -0.05) is 18.2 Å². The number of nitro groups is 1. The lowest BCUT2D eigenvalue weighted by Gasteiger charge is -2.13. The van der Waals surface area contributed by atoms with Crippen LogP contribution in [-0.4, -0.2) is 16.1 Å². The number of nitrogens with zero attached hydrogens (tertiary/aromatic N) is 1. The van der Waals surface area contributed by atoms with Gasteiger partial charge in [0.1, 0.15) is 5.69 Å². The second kappa shape index (κ2) is 7.28. The first-order valence-corrected chi connectivity index (χ1v) is 8.04. The van der Waals surface area contributed by atoms with Crippen LogP contribution in [0.5, 0.6) is 0 Å². The molecular weight excluding hydrogens is 312 g/mol. The van der Waals surface area contributed by atoms with Gasteiger partial charge >= 0.3 is 0 Å². The van der Waals surface area contributed by atoms with E-state index < -0.39 is 4.92 Å². The molecule has 2 aromatic rings. The minimum atomic E-state index is -0.503. The molecule has 23 heavy (non-hydrogen) atoms. The maximum Gasteiger partial charge on any atom is 0.292 e. The zero-order valence-corrected chi connectivity index (χ0v) is 14.0. The Kier molecular flexibility index (Phi) is 5.39. The SMILES string of the molecule is Cc1ccc(S[C@H](C)C(=O)Nc2ccccc2[N+](=O)[O-])cc1C. The predicted octanol–water partition coefficient (Wildman–Crippen LogP) is 4.33. The molecule has 0 aromatic heterocycles. The average Bonchev–Trinajstić information content (AvgIpc) is 2.51. The Balaban J connectivity index is 2.08. The molecule has 0 aliphatic rings. The van der Waals surface area contributed by atoms with Crippen molar-refractivity contribution in [2.45, 2.75) is 30.9 Å². The quantitative estimate of drug-likeness (QED) is 0.503. The van der Waals surface area contributed by atoms with Gasteiger partial charge in [0.25, 0.3) is 5.69 Å². The topological polar surface area (TPSA) is 72.2 Å². The van der Waals surface area contributed by atoms with Crippen LogP contribution < -0.4 is 5.32 Å². The molecule has 6 heteroatoms. The fraction of sp³-hybridized carbons (Fsp3) is 0.235. The molecule has 5 nitrogen and oxygen atoms in total. The molecule has 0 unspecified atom stereocenters. The van der Waals surface area contributed by atoms with E-state index >= 15 is 0 Å². The van der Waals surface area contributed by atoms with Crippen LogP contribution >= 0.6 is 11.8 Å². The Hall–Kier alpha value is -2.34. The molecule has 120 valence electrons. The standard InChI is InChI=1S/C17H18N2O3S/c1-11-8-9-14(10-12(11)2)23-13(3)17(20)18-15-6-4-5-7-16(15)19(21)22/h4-10,13H,1-3H3,(H,18,20)/t13-/m1/s1. The third kappa shape index (κ3) is 4.32. The van der Waals surface area contributed by atoms with Crippen LogP contribution in [0.3, 0.4) is 0 Å². The molecular formula is C17H18N2O3S. The zero-order valence-electron chi connectivity index (χ0n) is 13.2. The van der Waals surface area contributed by atoms with Crippen molar-refractivity contribution in [3.63, 3.8) is 0 Å². The van der Waals surface area contributed by atoms with Gasteiger partial charge in [-0.2, -0.15) is 0 Å². The van der Waals surface area contributed by atoms with E-state index in [4.69, 9.17) is 0 Å². The van der Waals surface area contributed by atoms with E-state index in [2.05, 4.69) is 5.32 Å². The Morgan fingerprint density at radius 1 is 1.17 bits per heavy atom. The van der Waals surface area contributed by atoms with Crippen LogP contribution in [0.4, 0.5) is 11.4 Å². The molecule has 0 saturated heterocycles. The van der Waals surface area contributed by atoms with Gasteiger partial charge in [-0.3, -0.25) is 14.9 Å². The van der Waals surface area contributed by atoms with E-state index in [1.165, 1.54) is 35.0 Å². The molecule has 0 spiro atoms. The number of anilines is 1. The molecule has 1 N–H and O–H groups in total. The van der Waals surface area contributed by atoms with Crippen molar-refractivity contribution in [2.75, 3.05) is 5.32 Å². The molecule has 0 aliphatic carbocycles. The zero-order chi connectivity index (χ0) is 17.0. The van der Waals surface area contributed by atoms with Gasteiger partial charge in [-0.15, -0.1) is 11.8 Å². The maximum absolute atomic E-state index is 12.3. The lowest BCUT2D eigenvalue weighted by atomic mass is 10.1. The van der Waals surface area contributed by atoms with E-state index in [1.54, 1.807) is 19.1 Å². The molecule has 0 radical (unpaired) electrons. The number of amides is 1. The Morgan fingerprint density at radius 3 is 2.52 bits per heavy atom. The number of para-hydroxylation sites is 2. The lowest BCUT2D eigenvalue weighted by Crippen LogP contribution is -2.22. The fourth-order valence-corrected chi connectivity index (χ4v) is 2.98. The van der Waals surface area contributed by atoms with Gasteiger partial charge in [0.2, 0.25) is 5.91 Å². The van der Waals surface area contributed by atoms with Gasteiger partial charge in [-0.05, 0) is 50.1 Å². The highest BCUT2D eigenvalue weighted by molar-refractivity contribution is 8.00. The highest BCUT2D eigenvalue weighted by Crippen LogP contribution is 2.28. The average molecular weight is 330 g/mol. The summed E-state index contributed by atoms with van der Waals surface area (Å²) >= 11 is 1.43. The summed E-state index contributed by atoms with van der Waals surface area (Å²) in [7, 11) is 0. The van der Waals surface area contributed by atoms with Gasteiger partial charge in [-0.25, -0.2) is 0 Å². The van der Waals surface area contributed by atoms with Crippen LogP contribution in [0.2, 0.25) is 0 Å². The van der Waals surface area contributed by atoms with E-state index in [0.29, 0.717) is 0 Å². The lowest BCUT2D eigenvalue weighted by molar-refractivity contribution is -0.383. The van der Waals surface area contributed by atoms with Gasteiger partial charge < -0.3 is 5.32 Å². The fourth-order valence-electron chi connectivity index (χ4n) is 2.02. The van der Waals surface area contributed by atoms with Crippen molar-refractivity contribution in [2.24, 2.45) is 0 Å². The van der Waals surface area contributed by atoms with Crippen LogP contribution in [0.25, 0.3) is 0 Å². The summed E-state index contributed by atoms with van der Waals surface area (Å²) in [6.45, 7) is 5.84. The molecule has 2 rings (SSSR count). The normalized spacial score (nSPS) is 11.8. The number of nitrogens with one attached hydrogen (secondary N) is 1. The van der Waals surface area contributed by atoms with Gasteiger partial charge in [0.15, 0.2) is 0 Å². The van der Waals surface area contributed by atoms with Crippen molar-refractivity contribution in [3.8, 4) is 0 Å². The highest BCUT2D eigenvalue weighted by atomic mass is 32.2. The second-order valence-corrected chi connectivity index (χ2v) is 6.68. The number of nitro benzene ring substituents is 1. The van der Waals surface area contributed by atoms with Gasteiger partial charge in [0.05, 0.1) is 10.2 Å². The van der Waals surface area contributed by atoms with Gasteiger partial charge in [0, 0.05) is 11.0 Å². The summed E-state index contributed by atoms with van der Waals surface area (Å²) in [5.74, 6) is -0.262. The summed E-state index contributed by atoms with van der Waals surface area (Å²) < 4.78 is 0. The first kappa shape index (κ1) is 17.0. The number of rotatable bonds is 5. The van der Waals surface area contributed by atoms with E-state index in [9.17, 15) is 14.9 Å². The van der Waals surface area contributed by atoms with Crippen LogP contribution in [0, 0.1) is 24.0 Å². The molecule has 0 heterocycles. The predicted molar refractivity (Wildman–Crippen MR) is 93.0 cm³/mol. The number of thioether (sulfide) groups is 1. The molecule has 1 atom stereocenters. The van der Waals surface area contributed by atoms with Crippen molar-refractivity contribution in [1.29, 1.82) is 0 Å². The van der Waals surface area contributed by atoms with E-state index in [0.717, 1.165) is 4.90 Å². The van der Waals surface area contributed by atoms with Crippen LogP contribution in [0.1, 0.15) is 18.1 Å². The van der Waals surface area contributed by atoms with Crippen molar-refractivity contribution >= 4 is 29.0 Å². The van der Waals surface area contributed by atoms with Crippen molar-refractivity contribution < 1.29 is 9.72 Å². The van der Waals surface area contributed by atoms with Crippen LogP contribution in [0.15, 0.2) is 47.4 Å². The second-order valence-electron chi connectivity index (χ2n) is 5.27. The maximum atomic E-state index is 12.3. The summed E-state index contributed by atoms with van der Waals surface area (Å²) in [4.78, 5) is 23.8. The third-order valence-corrected chi connectivity index (χ3v) is 4.61. The van der Waals surface area contributed by atoms with Crippen molar-refractivity contribution in [3.05, 3.63) is 63.7 Å². The van der Waals surface area contributed by atoms with E-state index in [1.807, 2.05) is 32.0 Å². The number of hydrogen-bond donors (Lipinski definition) is 1. The Morgan fingerprint density at radius 2 is 1.87 bits per heavy atom. The molecule has 2 aromatic carbocycles. The largest absolute Gasteiger partial charge is 0.319 e. The molecule has 0 saturated carbocycles. The number of carbonyl (C=O) groups excluding carboxylic acids is 1. The molecule has 0 fully saturated rings. The number of hydrogen-bond acceptors (Lipinski definition) is 4. The summed E-state index contributed by atoms with van der Waals surface area (Å²) in [5, 5.41) is 13.3. The number of benzene rings is 2. The molecule has 1 amide bonds. The van der Waals surface area contributed by atoms with Crippen LogP contribution in [-0.2, 0) is 4.79 Å². The number of carbonyl (C=O) groups is 1. The smallest absolute Gasteiger partial charge is 0.292 e. The first-order chi connectivity index (χ1) is 10.9. The summed E-state index contributed by atoms with van der Waals surface area (Å²) in [6.07, 6.45) is 0. The number of aryl methyl sites for hydroxylation is 2. The summed E-state index contributed by atoms with van der Waals surface area (Å²) in [5.41, 5.74) is 2.48. The highest BCUT2D eigenvalue weighted by Gasteiger charge is 2.19. The molecule has 0 aliphatic heterocycles. The molecule has 0 bridgehead atoms. The first-order valence-electron chi connectivity index (χ1n) is 7.16.